The van der Waals surface area contributed by atoms with E-state index in [9.17, 15) is 9.50 Å². The van der Waals surface area contributed by atoms with Gasteiger partial charge >= 0.3 is 0 Å². The van der Waals surface area contributed by atoms with Gasteiger partial charge in [-0.25, -0.2) is 4.39 Å². The first-order valence-electron chi connectivity index (χ1n) is 4.64. The Bertz CT molecular complexity index is 336. The summed E-state index contributed by atoms with van der Waals surface area (Å²) in [6.45, 7) is 5.21. The van der Waals surface area contributed by atoms with E-state index in [4.69, 9.17) is 5.73 Å². The number of halogens is 1. The maximum absolute atomic E-state index is 13.1. The number of aliphatic hydroxyl groups is 1. The van der Waals surface area contributed by atoms with Gasteiger partial charge < -0.3 is 10.8 Å². The van der Waals surface area contributed by atoms with E-state index in [0.29, 0.717) is 11.1 Å². The third-order valence-electron chi connectivity index (χ3n) is 2.58. The maximum Gasteiger partial charge on any atom is 0.126 e. The Morgan fingerprint density at radius 1 is 1.29 bits per heavy atom. The average Bonchev–Trinajstić information content (AvgIpc) is 2.13. The van der Waals surface area contributed by atoms with E-state index in [-0.39, 0.29) is 11.9 Å². The van der Waals surface area contributed by atoms with Crippen LogP contribution in [-0.4, -0.2) is 11.1 Å². The zero-order chi connectivity index (χ0) is 10.9. The molecule has 0 spiro atoms. The number of rotatable bonds is 2. The molecular weight excluding hydrogens is 181 g/mol. The van der Waals surface area contributed by atoms with E-state index in [2.05, 4.69) is 0 Å². The molecule has 0 radical (unpaired) electrons. The standard InChI is InChI=1S/C11H16FNO/c1-6-7(2)10(12)5-4-9(6)11(14)8(3)13/h4-5,8,11,14H,13H2,1-3H3/t8-,11+/m0/s1. The quantitative estimate of drug-likeness (QED) is 0.759. The largest absolute Gasteiger partial charge is 0.387 e. The van der Waals surface area contributed by atoms with Gasteiger partial charge in [-0.15, -0.1) is 0 Å². The van der Waals surface area contributed by atoms with E-state index in [1.54, 1.807) is 26.8 Å². The van der Waals surface area contributed by atoms with Crippen molar-refractivity contribution >= 4 is 0 Å². The Labute approximate surface area is 83.6 Å². The molecule has 2 atom stereocenters. The molecule has 1 rings (SSSR count). The Morgan fingerprint density at radius 2 is 1.86 bits per heavy atom. The lowest BCUT2D eigenvalue weighted by molar-refractivity contribution is 0.152. The molecule has 0 bridgehead atoms. The zero-order valence-electron chi connectivity index (χ0n) is 8.71. The average molecular weight is 197 g/mol. The highest BCUT2D eigenvalue weighted by molar-refractivity contribution is 5.36. The summed E-state index contributed by atoms with van der Waals surface area (Å²) >= 11 is 0. The molecule has 3 heteroatoms. The minimum Gasteiger partial charge on any atom is -0.387 e. The van der Waals surface area contributed by atoms with Crippen molar-refractivity contribution in [1.82, 2.24) is 0 Å². The van der Waals surface area contributed by atoms with Crippen molar-refractivity contribution in [3.63, 3.8) is 0 Å². The maximum atomic E-state index is 13.1. The van der Waals surface area contributed by atoms with Gasteiger partial charge in [0.05, 0.1) is 6.10 Å². The summed E-state index contributed by atoms with van der Waals surface area (Å²) in [4.78, 5) is 0. The van der Waals surface area contributed by atoms with Crippen LogP contribution in [0.5, 0.6) is 0 Å². The Hall–Kier alpha value is -0.930. The molecule has 1 aromatic carbocycles. The normalized spacial score (nSPS) is 15.3. The molecule has 2 nitrogen and oxygen atoms in total. The topological polar surface area (TPSA) is 46.2 Å². The molecule has 0 unspecified atom stereocenters. The van der Waals surface area contributed by atoms with E-state index in [0.717, 1.165) is 5.56 Å². The van der Waals surface area contributed by atoms with Crippen molar-refractivity contribution in [3.05, 3.63) is 34.6 Å². The van der Waals surface area contributed by atoms with Crippen molar-refractivity contribution in [2.45, 2.75) is 32.9 Å². The number of hydrogen-bond acceptors (Lipinski definition) is 2. The van der Waals surface area contributed by atoms with Gasteiger partial charge in [0.25, 0.3) is 0 Å². The summed E-state index contributed by atoms with van der Waals surface area (Å²) in [6.07, 6.45) is -0.728. The lowest BCUT2D eigenvalue weighted by Crippen LogP contribution is -2.25. The fraction of sp³-hybridized carbons (Fsp3) is 0.455. The number of benzene rings is 1. The molecule has 0 aromatic heterocycles. The smallest absolute Gasteiger partial charge is 0.126 e. The number of nitrogens with two attached hydrogens (primary N) is 1. The van der Waals surface area contributed by atoms with Gasteiger partial charge in [0, 0.05) is 6.04 Å². The highest BCUT2D eigenvalue weighted by Gasteiger charge is 2.16. The van der Waals surface area contributed by atoms with Gasteiger partial charge in [0.2, 0.25) is 0 Å². The molecule has 0 aliphatic rings. The monoisotopic (exact) mass is 197 g/mol. The fourth-order valence-corrected chi connectivity index (χ4v) is 1.41. The molecule has 0 saturated heterocycles. The molecule has 3 N–H and O–H groups in total. The first kappa shape index (κ1) is 11.1. The molecule has 1 aromatic rings. The first-order chi connectivity index (χ1) is 6.45. The second kappa shape index (κ2) is 4.07. The molecule has 0 fully saturated rings. The van der Waals surface area contributed by atoms with Gasteiger partial charge in [-0.3, -0.25) is 0 Å². The van der Waals surface area contributed by atoms with E-state index >= 15 is 0 Å². The molecular formula is C11H16FNO. The summed E-state index contributed by atoms with van der Waals surface area (Å²) in [5.74, 6) is -0.247. The number of hydrogen-bond donors (Lipinski definition) is 2. The minimum atomic E-state index is -0.728. The summed E-state index contributed by atoms with van der Waals surface area (Å²) < 4.78 is 13.1. The summed E-state index contributed by atoms with van der Waals surface area (Å²) in [5.41, 5.74) is 7.63. The Kier molecular flexibility index (Phi) is 3.24. The molecule has 0 amide bonds. The second-order valence-corrected chi connectivity index (χ2v) is 3.69. The molecule has 0 saturated carbocycles. The van der Waals surface area contributed by atoms with E-state index in [1.165, 1.54) is 6.07 Å². The second-order valence-electron chi connectivity index (χ2n) is 3.69. The Balaban J connectivity index is 3.17. The fourth-order valence-electron chi connectivity index (χ4n) is 1.41. The van der Waals surface area contributed by atoms with Crippen LogP contribution in [0.1, 0.15) is 29.7 Å². The molecule has 0 aliphatic heterocycles. The SMILES string of the molecule is Cc1c(F)ccc([C@H](O)[C@H](C)N)c1C. The van der Waals surface area contributed by atoms with Gasteiger partial charge in [-0.2, -0.15) is 0 Å². The predicted molar refractivity (Wildman–Crippen MR) is 54.5 cm³/mol. The number of aliphatic hydroxyl groups excluding tert-OH is 1. The predicted octanol–water partition coefficient (Wildman–Crippen LogP) is 1.82. The summed E-state index contributed by atoms with van der Waals surface area (Å²) in [6, 6.07) is 2.60. The van der Waals surface area contributed by atoms with Crippen molar-refractivity contribution in [1.29, 1.82) is 0 Å². The lowest BCUT2D eigenvalue weighted by Gasteiger charge is -2.18. The van der Waals surface area contributed by atoms with Gasteiger partial charge in [-0.05, 0) is 43.5 Å². The van der Waals surface area contributed by atoms with Gasteiger partial charge in [0.15, 0.2) is 0 Å². The highest BCUT2D eigenvalue weighted by Crippen LogP contribution is 2.23. The summed E-state index contributed by atoms with van der Waals surface area (Å²) in [5, 5.41) is 9.75. The van der Waals surface area contributed by atoms with Crippen LogP contribution in [0, 0.1) is 19.7 Å². The Morgan fingerprint density at radius 3 is 2.36 bits per heavy atom. The minimum absolute atomic E-state index is 0.247. The van der Waals surface area contributed by atoms with Crippen LogP contribution in [0.25, 0.3) is 0 Å². The molecule has 0 heterocycles. The first-order valence-corrected chi connectivity index (χ1v) is 4.64. The van der Waals surface area contributed by atoms with Crippen LogP contribution < -0.4 is 5.73 Å². The molecule has 0 aliphatic carbocycles. The highest BCUT2D eigenvalue weighted by atomic mass is 19.1. The van der Waals surface area contributed by atoms with E-state index < -0.39 is 6.10 Å². The molecule has 78 valence electrons. The van der Waals surface area contributed by atoms with Crippen molar-refractivity contribution in [3.8, 4) is 0 Å². The lowest BCUT2D eigenvalue weighted by atomic mass is 9.96. The van der Waals surface area contributed by atoms with Gasteiger partial charge in [0.1, 0.15) is 5.82 Å². The zero-order valence-corrected chi connectivity index (χ0v) is 8.71. The summed E-state index contributed by atoms with van der Waals surface area (Å²) in [7, 11) is 0. The third-order valence-corrected chi connectivity index (χ3v) is 2.58. The van der Waals surface area contributed by atoms with Gasteiger partial charge in [-0.1, -0.05) is 6.07 Å². The van der Waals surface area contributed by atoms with Crippen LogP contribution in [0.15, 0.2) is 12.1 Å². The van der Waals surface area contributed by atoms with Crippen molar-refractivity contribution in [2.75, 3.05) is 0 Å². The van der Waals surface area contributed by atoms with Crippen LogP contribution in [0.2, 0.25) is 0 Å². The van der Waals surface area contributed by atoms with Crippen LogP contribution in [0.4, 0.5) is 4.39 Å². The van der Waals surface area contributed by atoms with Crippen LogP contribution in [-0.2, 0) is 0 Å². The third kappa shape index (κ3) is 1.94. The van der Waals surface area contributed by atoms with Crippen LogP contribution in [0.3, 0.4) is 0 Å². The van der Waals surface area contributed by atoms with E-state index in [1.807, 2.05) is 0 Å². The molecule has 14 heavy (non-hydrogen) atoms. The van der Waals surface area contributed by atoms with Crippen LogP contribution >= 0.6 is 0 Å². The van der Waals surface area contributed by atoms with Crippen molar-refractivity contribution in [2.24, 2.45) is 5.73 Å². The van der Waals surface area contributed by atoms with Crippen molar-refractivity contribution < 1.29 is 9.50 Å².